The van der Waals surface area contributed by atoms with E-state index in [2.05, 4.69) is 12.1 Å². The lowest BCUT2D eigenvalue weighted by atomic mass is 10.00. The third-order valence-corrected chi connectivity index (χ3v) is 7.35. The molecule has 0 saturated carbocycles. The number of benzene rings is 2. The zero-order valence-electron chi connectivity index (χ0n) is 20.4. The Bertz CT molecular complexity index is 1210. The summed E-state index contributed by atoms with van der Waals surface area (Å²) in [4.78, 5) is 31.2. The largest absolute Gasteiger partial charge is 0.491 e. The lowest BCUT2D eigenvalue weighted by Gasteiger charge is -2.37. The van der Waals surface area contributed by atoms with Gasteiger partial charge in [-0.3, -0.25) is 9.59 Å². The van der Waals surface area contributed by atoms with Crippen LogP contribution in [0.4, 0.5) is 4.39 Å². The van der Waals surface area contributed by atoms with E-state index in [0.29, 0.717) is 26.1 Å². The molecule has 2 amide bonds. The lowest BCUT2D eigenvalue weighted by Crippen LogP contribution is -2.48. The van der Waals surface area contributed by atoms with Crippen molar-refractivity contribution in [3.05, 3.63) is 86.9 Å². The molecule has 1 aliphatic heterocycles. The van der Waals surface area contributed by atoms with Gasteiger partial charge in [-0.05, 0) is 67.5 Å². The standard InChI is InChI=1S/C28H31FN2O3S/c1-4-13-30(28(33)21-7-5-6-8-23(21)29)17-27(32)31-14-11-26-22(12-15-35-26)24(31)18-34-25-10-9-19(2)16-20(25)3/h5-10,12,15-16,24H,4,11,13-14,17-18H2,1-3H3/t24-/m0/s1. The van der Waals surface area contributed by atoms with E-state index in [1.807, 2.05) is 43.2 Å². The normalized spacial score (nSPS) is 15.0. The van der Waals surface area contributed by atoms with Gasteiger partial charge in [0, 0.05) is 18.0 Å². The maximum atomic E-state index is 14.3. The molecule has 0 N–H and O–H groups in total. The first-order valence-electron chi connectivity index (χ1n) is 12.0. The van der Waals surface area contributed by atoms with Crippen LogP contribution in [0.2, 0.25) is 0 Å². The van der Waals surface area contributed by atoms with E-state index in [4.69, 9.17) is 4.74 Å². The number of fused-ring (bicyclic) bond motifs is 1. The number of hydrogen-bond acceptors (Lipinski definition) is 4. The van der Waals surface area contributed by atoms with Crippen LogP contribution in [-0.4, -0.2) is 47.9 Å². The number of carbonyl (C=O) groups is 2. The Morgan fingerprint density at radius 1 is 1.17 bits per heavy atom. The first-order chi connectivity index (χ1) is 16.9. The smallest absolute Gasteiger partial charge is 0.257 e. The quantitative estimate of drug-likeness (QED) is 0.412. The highest BCUT2D eigenvalue weighted by atomic mass is 32.1. The van der Waals surface area contributed by atoms with Gasteiger partial charge in [0.25, 0.3) is 5.91 Å². The molecule has 2 aromatic carbocycles. The van der Waals surface area contributed by atoms with E-state index in [1.165, 1.54) is 27.5 Å². The Kier molecular flexibility index (Phi) is 7.86. The Morgan fingerprint density at radius 2 is 1.97 bits per heavy atom. The SMILES string of the molecule is CCCN(CC(=O)N1CCc2sccc2[C@@H]1COc1ccc(C)cc1C)C(=O)c1ccccc1F. The van der Waals surface area contributed by atoms with Crippen LogP contribution in [0.3, 0.4) is 0 Å². The highest BCUT2D eigenvalue weighted by Gasteiger charge is 2.34. The fraction of sp³-hybridized carbons (Fsp3) is 0.357. The van der Waals surface area contributed by atoms with Gasteiger partial charge in [0.05, 0.1) is 11.6 Å². The third-order valence-electron chi connectivity index (χ3n) is 6.35. The molecule has 0 saturated heterocycles. The minimum Gasteiger partial charge on any atom is -0.491 e. The number of thiophene rings is 1. The van der Waals surface area contributed by atoms with Gasteiger partial charge in [-0.15, -0.1) is 11.3 Å². The van der Waals surface area contributed by atoms with Crippen LogP contribution in [-0.2, 0) is 11.2 Å². The summed E-state index contributed by atoms with van der Waals surface area (Å²) in [6.07, 6.45) is 1.44. The Hall–Kier alpha value is -3.19. The molecule has 1 atom stereocenters. The minimum atomic E-state index is -0.577. The van der Waals surface area contributed by atoms with Crippen molar-refractivity contribution in [1.29, 1.82) is 0 Å². The van der Waals surface area contributed by atoms with Crippen molar-refractivity contribution in [3.8, 4) is 5.75 Å². The molecule has 184 valence electrons. The van der Waals surface area contributed by atoms with E-state index >= 15 is 0 Å². The molecule has 2 heterocycles. The van der Waals surface area contributed by atoms with Crippen molar-refractivity contribution in [3.63, 3.8) is 0 Å². The molecule has 4 rings (SSSR count). The number of nitrogens with zero attached hydrogens (tertiary/aromatic N) is 2. The van der Waals surface area contributed by atoms with Crippen LogP contribution >= 0.6 is 11.3 Å². The topological polar surface area (TPSA) is 49.9 Å². The van der Waals surface area contributed by atoms with Crippen LogP contribution in [0.5, 0.6) is 5.75 Å². The average Bonchev–Trinajstić information content (AvgIpc) is 3.32. The van der Waals surface area contributed by atoms with Crippen molar-refractivity contribution in [2.24, 2.45) is 0 Å². The molecule has 5 nitrogen and oxygen atoms in total. The molecule has 3 aromatic rings. The highest BCUT2D eigenvalue weighted by molar-refractivity contribution is 7.10. The zero-order chi connectivity index (χ0) is 24.9. The summed E-state index contributed by atoms with van der Waals surface area (Å²) in [6, 6.07) is 13.8. The number of ether oxygens (including phenoxy) is 1. The summed E-state index contributed by atoms with van der Waals surface area (Å²) < 4.78 is 20.5. The zero-order valence-corrected chi connectivity index (χ0v) is 21.2. The first-order valence-corrected chi connectivity index (χ1v) is 12.9. The second-order valence-electron chi connectivity index (χ2n) is 8.94. The average molecular weight is 495 g/mol. The van der Waals surface area contributed by atoms with Crippen molar-refractivity contribution in [1.82, 2.24) is 9.80 Å². The molecule has 7 heteroatoms. The van der Waals surface area contributed by atoms with Crippen molar-refractivity contribution in [2.75, 3.05) is 26.2 Å². The van der Waals surface area contributed by atoms with Gasteiger partial charge in [-0.2, -0.15) is 0 Å². The van der Waals surface area contributed by atoms with E-state index in [1.54, 1.807) is 23.5 Å². The van der Waals surface area contributed by atoms with Gasteiger partial charge in [-0.1, -0.05) is 36.8 Å². The Morgan fingerprint density at radius 3 is 2.71 bits per heavy atom. The first kappa shape index (κ1) is 24.9. The van der Waals surface area contributed by atoms with Gasteiger partial charge in [0.2, 0.25) is 5.91 Å². The molecule has 0 aliphatic carbocycles. The molecular formula is C28H31FN2O3S. The van der Waals surface area contributed by atoms with Gasteiger partial charge in [-0.25, -0.2) is 4.39 Å². The lowest BCUT2D eigenvalue weighted by molar-refractivity contribution is -0.135. The number of hydrogen-bond donors (Lipinski definition) is 0. The monoisotopic (exact) mass is 494 g/mol. The van der Waals surface area contributed by atoms with Gasteiger partial charge in [0.15, 0.2) is 0 Å². The highest BCUT2D eigenvalue weighted by Crippen LogP contribution is 2.34. The number of halogens is 1. The number of carbonyl (C=O) groups excluding carboxylic acids is 2. The second kappa shape index (κ2) is 11.0. The van der Waals surface area contributed by atoms with Crippen LogP contribution in [0.25, 0.3) is 0 Å². The number of amides is 2. The number of aryl methyl sites for hydroxylation is 2. The predicted molar refractivity (Wildman–Crippen MR) is 136 cm³/mol. The van der Waals surface area contributed by atoms with Gasteiger partial charge in [0.1, 0.15) is 24.7 Å². The van der Waals surface area contributed by atoms with Crippen molar-refractivity contribution < 1.29 is 18.7 Å². The molecular weight excluding hydrogens is 463 g/mol. The molecule has 35 heavy (non-hydrogen) atoms. The van der Waals surface area contributed by atoms with Gasteiger partial charge >= 0.3 is 0 Å². The van der Waals surface area contributed by atoms with Gasteiger partial charge < -0.3 is 14.5 Å². The Labute approximate surface area is 210 Å². The van der Waals surface area contributed by atoms with Crippen molar-refractivity contribution >= 4 is 23.2 Å². The molecule has 0 bridgehead atoms. The summed E-state index contributed by atoms with van der Waals surface area (Å²) in [7, 11) is 0. The molecule has 0 spiro atoms. The molecule has 1 aromatic heterocycles. The summed E-state index contributed by atoms with van der Waals surface area (Å²) in [6.45, 7) is 7.15. The van der Waals surface area contributed by atoms with Crippen LogP contribution in [0, 0.1) is 19.7 Å². The van der Waals surface area contributed by atoms with Crippen molar-refractivity contribution in [2.45, 2.75) is 39.7 Å². The molecule has 0 fully saturated rings. The maximum Gasteiger partial charge on any atom is 0.257 e. The summed E-state index contributed by atoms with van der Waals surface area (Å²) >= 11 is 1.70. The molecule has 0 radical (unpaired) electrons. The van der Waals surface area contributed by atoms with Crippen LogP contribution in [0.1, 0.15) is 51.3 Å². The number of rotatable bonds is 8. The fourth-order valence-electron chi connectivity index (χ4n) is 4.59. The van der Waals surface area contributed by atoms with E-state index < -0.39 is 11.7 Å². The van der Waals surface area contributed by atoms with E-state index in [-0.39, 0.29) is 24.1 Å². The minimum absolute atomic E-state index is 0.0118. The predicted octanol–water partition coefficient (Wildman–Crippen LogP) is 5.56. The van der Waals surface area contributed by atoms with E-state index in [9.17, 15) is 14.0 Å². The van der Waals surface area contributed by atoms with Crippen LogP contribution < -0.4 is 4.74 Å². The molecule has 1 aliphatic rings. The fourth-order valence-corrected chi connectivity index (χ4v) is 5.51. The summed E-state index contributed by atoms with van der Waals surface area (Å²) in [5.74, 6) is -0.400. The van der Waals surface area contributed by atoms with Crippen LogP contribution in [0.15, 0.2) is 53.9 Å². The Balaban J connectivity index is 1.54. The maximum absolute atomic E-state index is 14.3. The van der Waals surface area contributed by atoms with E-state index in [0.717, 1.165) is 23.3 Å². The summed E-state index contributed by atoms with van der Waals surface area (Å²) in [5, 5.41) is 2.05. The summed E-state index contributed by atoms with van der Waals surface area (Å²) in [5.41, 5.74) is 3.30. The molecule has 0 unspecified atom stereocenters. The second-order valence-corrected chi connectivity index (χ2v) is 9.94. The third kappa shape index (κ3) is 5.56.